The summed E-state index contributed by atoms with van der Waals surface area (Å²) in [6, 6.07) is 11.7. The van der Waals surface area contributed by atoms with E-state index in [9.17, 15) is 14.0 Å². The van der Waals surface area contributed by atoms with Crippen molar-refractivity contribution in [3.63, 3.8) is 0 Å². The molecule has 0 aliphatic carbocycles. The minimum Gasteiger partial charge on any atom is -0.486 e. The summed E-state index contributed by atoms with van der Waals surface area (Å²) < 4.78 is 19.9. The van der Waals surface area contributed by atoms with Gasteiger partial charge < -0.3 is 9.64 Å². The van der Waals surface area contributed by atoms with E-state index < -0.39 is 11.4 Å². The van der Waals surface area contributed by atoms with Crippen molar-refractivity contribution < 1.29 is 18.7 Å². The van der Waals surface area contributed by atoms with Crippen LogP contribution in [0.5, 0.6) is 5.75 Å². The third kappa shape index (κ3) is 3.59. The van der Waals surface area contributed by atoms with E-state index in [-0.39, 0.29) is 28.7 Å². The Morgan fingerprint density at radius 2 is 2.00 bits per heavy atom. The second kappa shape index (κ2) is 7.50. The van der Waals surface area contributed by atoms with Crippen molar-refractivity contribution in [1.82, 2.24) is 15.1 Å². The number of nitrogens with one attached hydrogen (secondary N) is 1. The highest BCUT2D eigenvalue weighted by Crippen LogP contribution is 2.41. The number of ketones is 1. The van der Waals surface area contributed by atoms with Crippen molar-refractivity contribution in [3.8, 4) is 17.0 Å². The first-order valence-electron chi connectivity index (χ1n) is 10.0. The van der Waals surface area contributed by atoms with Gasteiger partial charge in [0.1, 0.15) is 17.2 Å². The number of ether oxygens (including phenoxy) is 1. The van der Waals surface area contributed by atoms with Crippen molar-refractivity contribution in [2.45, 2.75) is 24.9 Å². The van der Waals surface area contributed by atoms with Gasteiger partial charge in [-0.2, -0.15) is 5.10 Å². The Labute approximate surface area is 183 Å². The minimum absolute atomic E-state index is 0.0659. The first-order valence-corrected chi connectivity index (χ1v) is 10.4. The third-order valence-electron chi connectivity index (χ3n) is 6.02. The van der Waals surface area contributed by atoms with Crippen molar-refractivity contribution in [2.24, 2.45) is 0 Å². The van der Waals surface area contributed by atoms with Crippen LogP contribution in [0, 0.1) is 5.82 Å². The summed E-state index contributed by atoms with van der Waals surface area (Å²) in [6.07, 6.45) is 2.86. The molecule has 6 nitrogen and oxygen atoms in total. The average molecular weight is 440 g/mol. The average Bonchev–Trinajstić information content (AvgIpc) is 3.31. The number of amides is 1. The van der Waals surface area contributed by atoms with Crippen LogP contribution in [0.3, 0.4) is 0 Å². The molecule has 1 fully saturated rings. The molecule has 1 spiro atoms. The van der Waals surface area contributed by atoms with Crippen molar-refractivity contribution in [1.29, 1.82) is 0 Å². The van der Waals surface area contributed by atoms with Gasteiger partial charge in [-0.1, -0.05) is 23.7 Å². The van der Waals surface area contributed by atoms with Gasteiger partial charge in [-0.15, -0.1) is 0 Å². The fourth-order valence-electron chi connectivity index (χ4n) is 4.30. The van der Waals surface area contributed by atoms with Gasteiger partial charge in [-0.05, 0) is 24.3 Å². The predicted molar refractivity (Wildman–Crippen MR) is 113 cm³/mol. The van der Waals surface area contributed by atoms with Gasteiger partial charge in [0.15, 0.2) is 5.78 Å². The zero-order valence-corrected chi connectivity index (χ0v) is 17.3. The number of halogens is 2. The number of benzene rings is 2. The second-order valence-corrected chi connectivity index (χ2v) is 8.40. The van der Waals surface area contributed by atoms with Gasteiger partial charge in [-0.25, -0.2) is 4.39 Å². The molecule has 0 saturated carbocycles. The van der Waals surface area contributed by atoms with Crippen molar-refractivity contribution in [3.05, 3.63) is 70.6 Å². The summed E-state index contributed by atoms with van der Waals surface area (Å²) in [6.45, 7) is 0.926. The van der Waals surface area contributed by atoms with Crippen LogP contribution in [0.2, 0.25) is 5.02 Å². The molecule has 3 heterocycles. The molecule has 158 valence electrons. The fourth-order valence-corrected chi connectivity index (χ4v) is 4.46. The summed E-state index contributed by atoms with van der Waals surface area (Å²) in [4.78, 5) is 27.5. The van der Waals surface area contributed by atoms with E-state index in [0.29, 0.717) is 37.2 Å². The lowest BCUT2D eigenvalue weighted by Crippen LogP contribution is -2.52. The maximum absolute atomic E-state index is 13.7. The Kier molecular flexibility index (Phi) is 4.78. The Hall–Kier alpha value is -3.19. The van der Waals surface area contributed by atoms with Crippen molar-refractivity contribution >= 4 is 23.3 Å². The van der Waals surface area contributed by atoms with Gasteiger partial charge in [0, 0.05) is 49.3 Å². The second-order valence-electron chi connectivity index (χ2n) is 7.99. The van der Waals surface area contributed by atoms with E-state index in [0.717, 1.165) is 17.3 Å². The maximum Gasteiger partial charge on any atom is 0.253 e. The highest BCUT2D eigenvalue weighted by molar-refractivity contribution is 6.31. The Morgan fingerprint density at radius 3 is 2.74 bits per heavy atom. The van der Waals surface area contributed by atoms with Gasteiger partial charge in [-0.3, -0.25) is 14.7 Å². The predicted octanol–water partition coefficient (Wildman–Crippen LogP) is 4.51. The van der Waals surface area contributed by atoms with Crippen LogP contribution < -0.4 is 4.74 Å². The number of nitrogens with zero attached hydrogens (tertiary/aromatic N) is 2. The Bertz CT molecular complexity index is 1170. The zero-order chi connectivity index (χ0) is 21.6. The largest absolute Gasteiger partial charge is 0.486 e. The molecule has 2 aliphatic rings. The highest BCUT2D eigenvalue weighted by Gasteiger charge is 2.44. The molecule has 0 radical (unpaired) electrons. The summed E-state index contributed by atoms with van der Waals surface area (Å²) >= 11 is 5.88. The van der Waals surface area contributed by atoms with E-state index in [1.165, 1.54) is 6.07 Å². The summed E-state index contributed by atoms with van der Waals surface area (Å²) in [5.41, 5.74) is 1.85. The standard InChI is InChI=1S/C23H19ClFN3O3/c24-17-12-21-16(11-18(17)25)20(29)13-23(31-21)5-8-28(9-6-23)22(30)15-3-1-2-14(10-15)19-4-7-26-27-19/h1-4,7,10-12H,5-6,8-9,13H2,(H,26,27). The van der Waals surface area contributed by atoms with E-state index in [1.807, 2.05) is 24.3 Å². The molecule has 1 saturated heterocycles. The number of likely N-dealkylation sites (tertiary alicyclic amines) is 1. The number of carbonyl (C=O) groups is 2. The maximum atomic E-state index is 13.7. The molecule has 0 bridgehead atoms. The van der Waals surface area contributed by atoms with Crippen LogP contribution in [-0.4, -0.2) is 45.5 Å². The topological polar surface area (TPSA) is 75.3 Å². The lowest BCUT2D eigenvalue weighted by Gasteiger charge is -2.44. The Morgan fingerprint density at radius 1 is 1.19 bits per heavy atom. The minimum atomic E-state index is -0.695. The normalized spacial score (nSPS) is 17.4. The number of rotatable bonds is 2. The lowest BCUT2D eigenvalue weighted by atomic mass is 9.82. The molecule has 5 rings (SSSR count). The third-order valence-corrected chi connectivity index (χ3v) is 6.30. The van der Waals surface area contributed by atoms with Crippen LogP contribution in [0.4, 0.5) is 4.39 Å². The first-order chi connectivity index (χ1) is 14.9. The van der Waals surface area contributed by atoms with Gasteiger partial charge in [0.25, 0.3) is 5.91 Å². The van der Waals surface area contributed by atoms with Crippen LogP contribution in [0.25, 0.3) is 11.3 Å². The number of Topliss-reactive ketones (excluding diaryl/α,β-unsaturated/α-hetero) is 1. The molecule has 3 aromatic rings. The molecule has 2 aliphatic heterocycles. The number of aromatic nitrogens is 2. The summed E-state index contributed by atoms with van der Waals surface area (Å²) in [5.74, 6) is -0.548. The number of piperidine rings is 1. The van der Waals surface area contributed by atoms with E-state index in [4.69, 9.17) is 16.3 Å². The summed E-state index contributed by atoms with van der Waals surface area (Å²) in [7, 11) is 0. The van der Waals surface area contributed by atoms with Crippen LogP contribution >= 0.6 is 11.6 Å². The number of fused-ring (bicyclic) bond motifs is 1. The smallest absolute Gasteiger partial charge is 0.253 e. The van der Waals surface area contributed by atoms with E-state index in [2.05, 4.69) is 10.2 Å². The molecule has 31 heavy (non-hydrogen) atoms. The molecule has 1 amide bonds. The molecular formula is C23H19ClFN3O3. The van der Waals surface area contributed by atoms with Crippen LogP contribution in [0.1, 0.15) is 40.0 Å². The number of aromatic amines is 1. The summed E-state index contributed by atoms with van der Waals surface area (Å²) in [5, 5.41) is 6.78. The molecule has 1 aromatic heterocycles. The number of hydrogen-bond acceptors (Lipinski definition) is 4. The van der Waals surface area contributed by atoms with Gasteiger partial charge >= 0.3 is 0 Å². The molecule has 0 atom stereocenters. The fraction of sp³-hybridized carbons (Fsp3) is 0.261. The first kappa shape index (κ1) is 19.8. The van der Waals surface area contributed by atoms with Crippen LogP contribution in [-0.2, 0) is 0 Å². The molecule has 1 N–H and O–H groups in total. The number of carbonyl (C=O) groups excluding carboxylic acids is 2. The molecule has 2 aromatic carbocycles. The van der Waals surface area contributed by atoms with Crippen LogP contribution in [0.15, 0.2) is 48.7 Å². The monoisotopic (exact) mass is 439 g/mol. The van der Waals surface area contributed by atoms with E-state index >= 15 is 0 Å². The van der Waals surface area contributed by atoms with Crippen molar-refractivity contribution in [2.75, 3.05) is 13.1 Å². The zero-order valence-electron chi connectivity index (χ0n) is 16.5. The van der Waals surface area contributed by atoms with Gasteiger partial charge in [0.05, 0.1) is 22.7 Å². The van der Waals surface area contributed by atoms with Gasteiger partial charge in [0.2, 0.25) is 0 Å². The number of hydrogen-bond donors (Lipinski definition) is 1. The lowest BCUT2D eigenvalue weighted by molar-refractivity contribution is -0.00578. The molecular weight excluding hydrogens is 421 g/mol. The molecule has 0 unspecified atom stereocenters. The molecule has 8 heteroatoms. The highest BCUT2D eigenvalue weighted by atomic mass is 35.5. The Balaban J connectivity index is 1.31. The SMILES string of the molecule is O=C1CC2(CCN(C(=O)c3cccc(-c4ccn[nH]4)c3)CC2)Oc2cc(Cl)c(F)cc21. The number of H-pyrrole nitrogens is 1. The quantitative estimate of drug-likeness (QED) is 0.637. The van der Waals surface area contributed by atoms with E-state index in [1.54, 1.807) is 17.2 Å².